The molecule has 1 aliphatic heterocycles. The van der Waals surface area contributed by atoms with Gasteiger partial charge in [0.05, 0.1) is 0 Å². The van der Waals surface area contributed by atoms with Crippen molar-refractivity contribution in [2.45, 2.75) is 38.8 Å². The van der Waals surface area contributed by atoms with Gasteiger partial charge in [0.2, 0.25) is 5.91 Å². The number of carboxylic acid groups (broad SMARTS) is 1. The first-order chi connectivity index (χ1) is 7.02. The Balaban J connectivity index is 2.50. The molecule has 0 saturated carbocycles. The number of rotatable bonds is 4. The predicted octanol–water partition coefficient (Wildman–Crippen LogP) is 0.391. The number of nitrogens with one attached hydrogen (secondary N) is 1. The van der Waals surface area contributed by atoms with E-state index < -0.39 is 18.1 Å². The normalized spacial score (nSPS) is 22.7. The van der Waals surface area contributed by atoms with Crippen LogP contribution in [0.25, 0.3) is 0 Å². The number of hydrogen-bond acceptors (Lipinski definition) is 3. The molecule has 5 heteroatoms. The van der Waals surface area contributed by atoms with Crippen LogP contribution in [-0.4, -0.2) is 35.7 Å². The molecule has 0 spiro atoms. The molecule has 2 atom stereocenters. The third-order valence-corrected chi connectivity index (χ3v) is 2.45. The van der Waals surface area contributed by atoms with Crippen LogP contribution < -0.4 is 5.32 Å². The minimum absolute atomic E-state index is 0.132. The predicted molar refractivity (Wildman–Crippen MR) is 53.4 cm³/mol. The molecule has 1 amide bonds. The highest BCUT2D eigenvalue weighted by Crippen LogP contribution is 2.13. The number of carbonyl (C=O) groups excluding carboxylic acids is 1. The van der Waals surface area contributed by atoms with E-state index in [1.54, 1.807) is 13.8 Å². The zero-order valence-corrected chi connectivity index (χ0v) is 9.03. The van der Waals surface area contributed by atoms with Crippen LogP contribution in [0.3, 0.4) is 0 Å². The van der Waals surface area contributed by atoms with Crippen molar-refractivity contribution in [3.05, 3.63) is 0 Å². The van der Waals surface area contributed by atoms with E-state index in [2.05, 4.69) is 5.32 Å². The molecule has 0 bridgehead atoms. The zero-order valence-electron chi connectivity index (χ0n) is 9.03. The van der Waals surface area contributed by atoms with Gasteiger partial charge in [0, 0.05) is 6.61 Å². The molecule has 1 saturated heterocycles. The fourth-order valence-corrected chi connectivity index (χ4v) is 1.54. The van der Waals surface area contributed by atoms with Crippen LogP contribution in [0.4, 0.5) is 0 Å². The third-order valence-electron chi connectivity index (χ3n) is 2.45. The highest BCUT2D eigenvalue weighted by atomic mass is 16.5. The number of aliphatic carboxylic acids is 1. The van der Waals surface area contributed by atoms with Crippen molar-refractivity contribution in [2.24, 2.45) is 5.92 Å². The van der Waals surface area contributed by atoms with Crippen LogP contribution in [-0.2, 0) is 14.3 Å². The largest absolute Gasteiger partial charge is 0.480 e. The van der Waals surface area contributed by atoms with Gasteiger partial charge in [-0.2, -0.15) is 0 Å². The van der Waals surface area contributed by atoms with Crippen molar-refractivity contribution in [3.8, 4) is 0 Å². The fraction of sp³-hybridized carbons (Fsp3) is 0.800. The Morgan fingerprint density at radius 1 is 1.47 bits per heavy atom. The van der Waals surface area contributed by atoms with Gasteiger partial charge < -0.3 is 15.2 Å². The molecule has 1 aliphatic rings. The number of hydrogen-bond donors (Lipinski definition) is 2. The van der Waals surface area contributed by atoms with Crippen molar-refractivity contribution < 1.29 is 19.4 Å². The average Bonchev–Trinajstić information content (AvgIpc) is 2.65. The molecule has 0 aromatic heterocycles. The zero-order chi connectivity index (χ0) is 11.4. The minimum atomic E-state index is -1.00. The molecular weight excluding hydrogens is 198 g/mol. The Kier molecular flexibility index (Phi) is 4.08. The van der Waals surface area contributed by atoms with Crippen molar-refractivity contribution in [3.63, 3.8) is 0 Å². The van der Waals surface area contributed by atoms with Crippen LogP contribution in [0, 0.1) is 5.92 Å². The second kappa shape index (κ2) is 5.11. The van der Waals surface area contributed by atoms with Gasteiger partial charge in [-0.05, 0) is 18.8 Å². The Bertz CT molecular complexity index is 246. The molecule has 1 fully saturated rings. The van der Waals surface area contributed by atoms with Gasteiger partial charge in [0.25, 0.3) is 0 Å². The molecular formula is C10H17NO4. The third kappa shape index (κ3) is 3.20. The molecule has 15 heavy (non-hydrogen) atoms. The first-order valence-corrected chi connectivity index (χ1v) is 5.17. The lowest BCUT2D eigenvalue weighted by Crippen LogP contribution is -2.48. The highest BCUT2D eigenvalue weighted by Gasteiger charge is 2.29. The summed E-state index contributed by atoms with van der Waals surface area (Å²) in [6.45, 7) is 4.10. The molecule has 86 valence electrons. The summed E-state index contributed by atoms with van der Waals surface area (Å²) in [5, 5.41) is 11.4. The SMILES string of the molecule is CC(C)C(NC(=O)C1CCCO1)C(=O)O. The molecule has 1 heterocycles. The lowest BCUT2D eigenvalue weighted by Gasteiger charge is -2.19. The maximum atomic E-state index is 11.6. The topological polar surface area (TPSA) is 75.6 Å². The van der Waals surface area contributed by atoms with Gasteiger partial charge in [-0.25, -0.2) is 4.79 Å². The van der Waals surface area contributed by atoms with Crippen molar-refractivity contribution in [2.75, 3.05) is 6.61 Å². The summed E-state index contributed by atoms with van der Waals surface area (Å²) < 4.78 is 5.17. The van der Waals surface area contributed by atoms with E-state index >= 15 is 0 Å². The molecule has 0 aliphatic carbocycles. The van der Waals surface area contributed by atoms with E-state index in [9.17, 15) is 9.59 Å². The monoisotopic (exact) mass is 215 g/mol. The summed E-state index contributed by atoms with van der Waals surface area (Å²) in [7, 11) is 0. The molecule has 2 unspecified atom stereocenters. The number of carbonyl (C=O) groups is 2. The highest BCUT2D eigenvalue weighted by molar-refractivity contribution is 5.86. The number of carboxylic acids is 1. The van der Waals surface area contributed by atoms with Gasteiger partial charge >= 0.3 is 5.97 Å². The van der Waals surface area contributed by atoms with Crippen LogP contribution in [0.15, 0.2) is 0 Å². The first kappa shape index (κ1) is 12.0. The lowest BCUT2D eigenvalue weighted by atomic mass is 10.0. The van der Waals surface area contributed by atoms with Gasteiger partial charge in [0.1, 0.15) is 12.1 Å². The van der Waals surface area contributed by atoms with Crippen LogP contribution >= 0.6 is 0 Å². The second-order valence-corrected chi connectivity index (χ2v) is 4.07. The summed E-state index contributed by atoms with van der Waals surface area (Å²) >= 11 is 0. The standard InChI is InChI=1S/C10H17NO4/c1-6(2)8(10(13)14)11-9(12)7-4-3-5-15-7/h6-8H,3-5H2,1-2H3,(H,11,12)(H,13,14). The van der Waals surface area contributed by atoms with Gasteiger partial charge in [-0.3, -0.25) is 4.79 Å². The summed E-state index contributed by atoms with van der Waals surface area (Å²) in [6.07, 6.45) is 1.07. The number of ether oxygens (including phenoxy) is 1. The quantitative estimate of drug-likeness (QED) is 0.711. The average molecular weight is 215 g/mol. The van der Waals surface area contributed by atoms with E-state index in [4.69, 9.17) is 9.84 Å². The van der Waals surface area contributed by atoms with E-state index in [1.165, 1.54) is 0 Å². The van der Waals surface area contributed by atoms with Crippen LogP contribution in [0.5, 0.6) is 0 Å². The molecule has 5 nitrogen and oxygen atoms in total. The van der Waals surface area contributed by atoms with Gasteiger partial charge in [-0.1, -0.05) is 13.8 Å². The molecule has 0 aromatic rings. The van der Waals surface area contributed by atoms with Crippen molar-refractivity contribution in [1.82, 2.24) is 5.32 Å². The second-order valence-electron chi connectivity index (χ2n) is 4.07. The number of amides is 1. The lowest BCUT2D eigenvalue weighted by molar-refractivity contribution is -0.144. The Morgan fingerprint density at radius 2 is 2.13 bits per heavy atom. The Labute approximate surface area is 88.8 Å². The smallest absolute Gasteiger partial charge is 0.326 e. The summed E-state index contributed by atoms with van der Waals surface area (Å²) in [5.41, 5.74) is 0. The first-order valence-electron chi connectivity index (χ1n) is 5.17. The summed E-state index contributed by atoms with van der Waals surface area (Å²) in [4.78, 5) is 22.4. The van der Waals surface area contributed by atoms with Gasteiger partial charge in [-0.15, -0.1) is 0 Å². The molecule has 2 N–H and O–H groups in total. The molecule has 0 radical (unpaired) electrons. The molecule has 1 rings (SSSR count). The Morgan fingerprint density at radius 3 is 2.53 bits per heavy atom. The van der Waals surface area contributed by atoms with Crippen molar-refractivity contribution in [1.29, 1.82) is 0 Å². The van der Waals surface area contributed by atoms with E-state index in [0.717, 1.165) is 6.42 Å². The molecule has 0 aromatic carbocycles. The minimum Gasteiger partial charge on any atom is -0.480 e. The fourth-order valence-electron chi connectivity index (χ4n) is 1.54. The van der Waals surface area contributed by atoms with Crippen LogP contribution in [0.1, 0.15) is 26.7 Å². The summed E-state index contributed by atoms with van der Waals surface area (Å²) in [6, 6.07) is -0.832. The van der Waals surface area contributed by atoms with E-state index in [0.29, 0.717) is 13.0 Å². The Hall–Kier alpha value is -1.10. The summed E-state index contributed by atoms with van der Waals surface area (Å²) in [5.74, 6) is -1.45. The van der Waals surface area contributed by atoms with Gasteiger partial charge in [0.15, 0.2) is 0 Å². The van der Waals surface area contributed by atoms with E-state index in [1.807, 2.05) is 0 Å². The van der Waals surface area contributed by atoms with E-state index in [-0.39, 0.29) is 11.8 Å². The maximum absolute atomic E-state index is 11.6. The van der Waals surface area contributed by atoms with Crippen molar-refractivity contribution >= 4 is 11.9 Å². The van der Waals surface area contributed by atoms with Crippen LogP contribution in [0.2, 0.25) is 0 Å². The maximum Gasteiger partial charge on any atom is 0.326 e.